The molecule has 4 nitrogen and oxygen atoms in total. The lowest BCUT2D eigenvalue weighted by molar-refractivity contribution is -0.661. The highest BCUT2D eigenvalue weighted by Gasteiger charge is 2.26. The van der Waals surface area contributed by atoms with Gasteiger partial charge < -0.3 is 0 Å². The Bertz CT molecular complexity index is 3370. The van der Waals surface area contributed by atoms with E-state index in [1.807, 2.05) is 0 Å². The number of fused-ring (bicyclic) bond motifs is 4. The molecule has 396 valence electrons. The van der Waals surface area contributed by atoms with Crippen molar-refractivity contribution in [1.82, 2.24) is 0 Å². The van der Waals surface area contributed by atoms with Crippen molar-refractivity contribution in [2.75, 3.05) is 0 Å². The van der Waals surface area contributed by atoms with Gasteiger partial charge in [0.15, 0.2) is 24.8 Å². The Hall–Kier alpha value is -6.52. The number of aromatic nitrogens is 4. The van der Waals surface area contributed by atoms with Crippen LogP contribution in [0.2, 0.25) is 0 Å². The largest absolute Gasteiger partial charge is 0.216 e. The van der Waals surface area contributed by atoms with E-state index in [0.717, 1.165) is 0 Å². The topological polar surface area (TPSA) is 15.5 Å². The maximum atomic E-state index is 2.41. The van der Waals surface area contributed by atoms with Gasteiger partial charge in [-0.05, 0) is 214 Å². The zero-order valence-electron chi connectivity index (χ0n) is 47.2. The number of hydrogen-bond donors (Lipinski definition) is 0. The van der Waals surface area contributed by atoms with Gasteiger partial charge in [-0.25, -0.2) is 18.3 Å². The highest BCUT2D eigenvalue weighted by atomic mass is 14.9. The molecule has 0 fully saturated rings. The second-order valence-electron chi connectivity index (χ2n) is 22.6. The molecule has 0 aliphatic heterocycles. The van der Waals surface area contributed by atoms with E-state index in [9.17, 15) is 0 Å². The zero-order valence-corrected chi connectivity index (χ0v) is 47.2. The number of rotatable bonds is 4. The molecule has 12 rings (SSSR count). The minimum atomic E-state index is 0. The second kappa shape index (κ2) is 25.1. The van der Waals surface area contributed by atoms with Gasteiger partial charge in [0.05, 0.1) is 0 Å². The quantitative estimate of drug-likeness (QED) is 0.156. The van der Waals surface area contributed by atoms with Crippen molar-refractivity contribution < 1.29 is 18.3 Å². The normalized spacial score (nSPS) is 13.6. The highest BCUT2D eigenvalue weighted by Crippen LogP contribution is 2.34. The fraction of sp³-hybridized carbons (Fsp3) is 0.389. The number of nitrogens with zero attached hydrogens (tertiary/aromatic N) is 4. The van der Waals surface area contributed by atoms with E-state index in [0.29, 0.717) is 0 Å². The summed E-state index contributed by atoms with van der Waals surface area (Å²) in [6, 6.07) is 36.4. The van der Waals surface area contributed by atoms with Gasteiger partial charge in [0.1, 0.15) is 28.2 Å². The van der Waals surface area contributed by atoms with Gasteiger partial charge >= 0.3 is 0 Å². The first-order chi connectivity index (χ1) is 35.6. The van der Waals surface area contributed by atoms with E-state index in [-0.39, 0.29) is 14.9 Å². The molecule has 4 heterocycles. The summed E-state index contributed by atoms with van der Waals surface area (Å²) in [5, 5.41) is 0. The number of benzene rings is 4. The molecule has 0 atom stereocenters. The predicted octanol–water partition coefficient (Wildman–Crippen LogP) is 15.2. The summed E-state index contributed by atoms with van der Waals surface area (Å²) in [5.74, 6) is 0. The molecule has 0 radical (unpaired) electrons. The Labute approximate surface area is 460 Å². The molecule has 0 N–H and O–H groups in total. The lowest BCUT2D eigenvalue weighted by atomic mass is 9.87. The van der Waals surface area contributed by atoms with Gasteiger partial charge in [-0.2, -0.15) is 0 Å². The average Bonchev–Trinajstić information content (AvgIpc) is 4.05. The first kappa shape index (κ1) is 57.2. The Morgan fingerprint density at radius 1 is 0.289 bits per heavy atom. The summed E-state index contributed by atoms with van der Waals surface area (Å²) in [6.07, 6.45) is 27.0. The van der Waals surface area contributed by atoms with Crippen LogP contribution in [0.5, 0.6) is 0 Å². The Balaban J connectivity index is 0.000000146. The fourth-order valence-corrected chi connectivity index (χ4v) is 12.7. The molecule has 4 heteroatoms. The fourth-order valence-electron chi connectivity index (χ4n) is 12.7. The standard InChI is InChI=1S/2C18H22N.2C17H20N.2CH4/c1-13-8-9-17(14(2)10-13)18-11-15-6-4-5-7-16(15)12-19(18)3;1-13-8-9-16(14(2)12-13)18-17-7-5-4-6-15(17)10-11-19(18)3;1-12-7-8-16(13(2)9-12)17-10-14-5-4-6-15(14)11-18(17)3;1-12-7-8-15(13(2)11-12)17-16-6-4-5-14(16)9-10-18(17)3;;/h2*8-12H,4-7H2,1-3H3;2*7-11H,4-6H2,1-3H3;2*1H4/q4*+1;;. The molecular weight excluding hydrogens is 921 g/mol. The lowest BCUT2D eigenvalue weighted by Gasteiger charge is -2.18. The van der Waals surface area contributed by atoms with Crippen LogP contribution in [0.25, 0.3) is 45.0 Å². The van der Waals surface area contributed by atoms with E-state index in [1.165, 1.54) is 185 Å². The summed E-state index contributed by atoms with van der Waals surface area (Å²) in [7, 11) is 8.66. The van der Waals surface area contributed by atoms with E-state index < -0.39 is 0 Å². The van der Waals surface area contributed by atoms with Crippen LogP contribution in [0.1, 0.15) is 142 Å². The van der Waals surface area contributed by atoms with E-state index in [4.69, 9.17) is 0 Å². The van der Waals surface area contributed by atoms with Crippen LogP contribution in [0.15, 0.2) is 122 Å². The third-order valence-corrected chi connectivity index (χ3v) is 16.6. The maximum Gasteiger partial charge on any atom is 0.216 e. The molecule has 0 spiro atoms. The Morgan fingerprint density at radius 3 is 1.00 bits per heavy atom. The molecule has 4 aliphatic rings. The van der Waals surface area contributed by atoms with Crippen LogP contribution >= 0.6 is 0 Å². The Kier molecular flexibility index (Phi) is 18.9. The molecule has 4 aliphatic carbocycles. The number of aryl methyl sites for hydroxylation is 18. The summed E-state index contributed by atoms with van der Waals surface area (Å²) >= 11 is 0. The van der Waals surface area contributed by atoms with Crippen molar-refractivity contribution in [2.24, 2.45) is 28.2 Å². The minimum absolute atomic E-state index is 0. The monoisotopic (exact) mass is 1010 g/mol. The molecule has 0 saturated heterocycles. The first-order valence-corrected chi connectivity index (χ1v) is 28.0. The van der Waals surface area contributed by atoms with Gasteiger partial charge in [0.25, 0.3) is 0 Å². The van der Waals surface area contributed by atoms with Gasteiger partial charge in [0.2, 0.25) is 22.8 Å². The van der Waals surface area contributed by atoms with Gasteiger partial charge in [0, 0.05) is 68.8 Å². The van der Waals surface area contributed by atoms with E-state index >= 15 is 0 Å². The maximum absolute atomic E-state index is 2.41. The van der Waals surface area contributed by atoms with E-state index in [1.54, 1.807) is 38.9 Å². The van der Waals surface area contributed by atoms with Crippen LogP contribution in [0, 0.1) is 55.4 Å². The van der Waals surface area contributed by atoms with Crippen molar-refractivity contribution in [1.29, 1.82) is 0 Å². The van der Waals surface area contributed by atoms with Gasteiger partial charge in [-0.3, -0.25) is 0 Å². The van der Waals surface area contributed by atoms with Crippen molar-refractivity contribution in [2.45, 2.75) is 160 Å². The minimum Gasteiger partial charge on any atom is -0.201 e. The number of hydrogen-bond acceptors (Lipinski definition) is 0. The molecular formula is C72H92N4+4. The molecule has 76 heavy (non-hydrogen) atoms. The smallest absolute Gasteiger partial charge is 0.201 e. The third kappa shape index (κ3) is 12.7. The lowest BCUT2D eigenvalue weighted by Crippen LogP contribution is -2.33. The van der Waals surface area contributed by atoms with Crippen molar-refractivity contribution in [3.63, 3.8) is 0 Å². The third-order valence-electron chi connectivity index (χ3n) is 16.6. The SMILES string of the molecule is C.C.Cc1ccc(-c2c3c(cc[n+]2C)CCC3)c(C)c1.Cc1ccc(-c2c3c(cc[n+]2C)CCCC3)c(C)c1.Cc1ccc(-c2cc3c(c[n+]2C)CCC3)c(C)c1.Cc1ccc(-c2cc3c(c[n+]2C)CCCC3)c(C)c1. The van der Waals surface area contributed by atoms with Crippen molar-refractivity contribution in [3.8, 4) is 45.0 Å². The number of pyridine rings is 4. The van der Waals surface area contributed by atoms with E-state index in [2.05, 4.69) is 224 Å². The zero-order chi connectivity index (χ0) is 52.2. The second-order valence-corrected chi connectivity index (χ2v) is 22.6. The van der Waals surface area contributed by atoms with Crippen LogP contribution in [-0.4, -0.2) is 0 Å². The average molecular weight is 1010 g/mol. The van der Waals surface area contributed by atoms with Crippen LogP contribution < -0.4 is 18.3 Å². The molecule has 8 aromatic rings. The van der Waals surface area contributed by atoms with Crippen molar-refractivity contribution in [3.05, 3.63) is 211 Å². The Morgan fingerprint density at radius 2 is 0.592 bits per heavy atom. The summed E-state index contributed by atoms with van der Waals surface area (Å²) in [6.45, 7) is 17.5. The van der Waals surface area contributed by atoms with Crippen LogP contribution in [0.3, 0.4) is 0 Å². The van der Waals surface area contributed by atoms with Crippen LogP contribution in [-0.2, 0) is 79.6 Å². The predicted molar refractivity (Wildman–Crippen MR) is 321 cm³/mol. The van der Waals surface area contributed by atoms with Crippen molar-refractivity contribution >= 4 is 0 Å². The van der Waals surface area contributed by atoms with Gasteiger partial charge in [-0.15, -0.1) is 0 Å². The molecule has 4 aromatic heterocycles. The molecule has 0 bridgehead atoms. The highest BCUT2D eigenvalue weighted by molar-refractivity contribution is 5.68. The summed E-state index contributed by atoms with van der Waals surface area (Å²) in [5.41, 5.74) is 34.3. The van der Waals surface area contributed by atoms with Crippen LogP contribution in [0.4, 0.5) is 0 Å². The summed E-state index contributed by atoms with van der Waals surface area (Å²) in [4.78, 5) is 0. The molecule has 4 aromatic carbocycles. The molecule has 0 saturated carbocycles. The summed E-state index contributed by atoms with van der Waals surface area (Å²) < 4.78 is 9.15. The first-order valence-electron chi connectivity index (χ1n) is 28.0. The molecule has 0 amide bonds. The molecule has 0 unspecified atom stereocenters. The van der Waals surface area contributed by atoms with Gasteiger partial charge in [-0.1, -0.05) is 85.6 Å².